The second-order valence-corrected chi connectivity index (χ2v) is 6.63. The van der Waals surface area contributed by atoms with Crippen LogP contribution in [0, 0.1) is 5.82 Å². The van der Waals surface area contributed by atoms with E-state index < -0.39 is 5.82 Å². The minimum atomic E-state index is -0.418. The van der Waals surface area contributed by atoms with Gasteiger partial charge in [-0.25, -0.2) is 4.39 Å². The minimum absolute atomic E-state index is 0.103. The highest BCUT2D eigenvalue weighted by molar-refractivity contribution is 9.10. The molecule has 17 heavy (non-hydrogen) atoms. The van der Waals surface area contributed by atoms with Crippen molar-refractivity contribution < 1.29 is 4.39 Å². The molecule has 2 atom stereocenters. The van der Waals surface area contributed by atoms with E-state index in [1.807, 2.05) is 0 Å². The Morgan fingerprint density at radius 2 is 2.18 bits per heavy atom. The van der Waals surface area contributed by atoms with Gasteiger partial charge in [0.1, 0.15) is 5.82 Å². The van der Waals surface area contributed by atoms with Crippen molar-refractivity contribution in [2.24, 2.45) is 5.73 Å². The van der Waals surface area contributed by atoms with E-state index >= 15 is 0 Å². The molecule has 0 aliphatic carbocycles. The first-order valence-corrected chi connectivity index (χ1v) is 7.69. The Balaban J connectivity index is 2.76. The van der Waals surface area contributed by atoms with Crippen LogP contribution in [0.3, 0.4) is 0 Å². The molecule has 2 N–H and O–H groups in total. The summed E-state index contributed by atoms with van der Waals surface area (Å²) in [5.41, 5.74) is 6.46. The molecule has 0 heterocycles. The first-order valence-electron chi connectivity index (χ1n) is 5.47. The molecule has 0 aliphatic heterocycles. The zero-order valence-corrected chi connectivity index (χ0v) is 13.0. The Labute approximate surface area is 119 Å². The van der Waals surface area contributed by atoms with Gasteiger partial charge in [0.15, 0.2) is 0 Å². The molecule has 0 bridgehead atoms. The van der Waals surface area contributed by atoms with Crippen molar-refractivity contribution in [2.45, 2.75) is 31.6 Å². The van der Waals surface area contributed by atoms with Crippen LogP contribution in [0.25, 0.3) is 0 Å². The van der Waals surface area contributed by atoms with Gasteiger partial charge in [0.2, 0.25) is 0 Å². The van der Waals surface area contributed by atoms with E-state index in [9.17, 15) is 4.39 Å². The molecule has 1 aromatic carbocycles. The van der Waals surface area contributed by atoms with E-state index in [0.717, 1.165) is 6.42 Å². The Morgan fingerprint density at radius 3 is 2.76 bits per heavy atom. The van der Waals surface area contributed by atoms with Crippen LogP contribution in [0.1, 0.15) is 31.9 Å². The fraction of sp³-hybridized carbons (Fsp3) is 0.500. The van der Waals surface area contributed by atoms with E-state index in [1.165, 1.54) is 0 Å². The van der Waals surface area contributed by atoms with Crippen molar-refractivity contribution in [3.05, 3.63) is 33.0 Å². The lowest BCUT2D eigenvalue weighted by Gasteiger charge is -2.16. The molecule has 0 aliphatic rings. The predicted molar refractivity (Wildman–Crippen MR) is 78.2 cm³/mol. The maximum absolute atomic E-state index is 13.9. The highest BCUT2D eigenvalue weighted by Gasteiger charge is 2.16. The summed E-state index contributed by atoms with van der Waals surface area (Å²) >= 11 is 10.8. The van der Waals surface area contributed by atoms with Gasteiger partial charge in [-0.05, 0) is 28.4 Å². The molecule has 2 unspecified atom stereocenters. The van der Waals surface area contributed by atoms with Crippen LogP contribution < -0.4 is 5.73 Å². The lowest BCUT2D eigenvalue weighted by molar-refractivity contribution is 0.594. The summed E-state index contributed by atoms with van der Waals surface area (Å²) < 4.78 is 14.4. The van der Waals surface area contributed by atoms with E-state index in [1.54, 1.807) is 23.9 Å². The molecule has 0 aromatic heterocycles. The molecule has 96 valence electrons. The van der Waals surface area contributed by atoms with E-state index in [2.05, 4.69) is 29.8 Å². The summed E-state index contributed by atoms with van der Waals surface area (Å²) in [7, 11) is 0. The normalized spacial score (nSPS) is 14.7. The Kier molecular flexibility index (Phi) is 6.27. The molecule has 1 aromatic rings. The molecule has 0 spiro atoms. The SMILES string of the molecule is CCC(C)SCC(N)c1ccc(Br)c(Cl)c1F. The fourth-order valence-corrected chi connectivity index (χ4v) is 2.73. The van der Waals surface area contributed by atoms with Crippen LogP contribution in [0.2, 0.25) is 5.02 Å². The summed E-state index contributed by atoms with van der Waals surface area (Å²) in [4.78, 5) is 0. The Morgan fingerprint density at radius 1 is 1.53 bits per heavy atom. The van der Waals surface area contributed by atoms with Crippen LogP contribution >= 0.6 is 39.3 Å². The molecule has 0 fully saturated rings. The summed E-state index contributed by atoms with van der Waals surface area (Å²) in [6, 6.07) is 3.10. The van der Waals surface area contributed by atoms with Gasteiger partial charge in [-0.3, -0.25) is 0 Å². The maximum Gasteiger partial charge on any atom is 0.147 e. The standard InChI is InChI=1S/C12H16BrClFNS/c1-3-7(2)17-6-10(16)8-4-5-9(13)11(14)12(8)15/h4-5,7,10H,3,6,16H2,1-2H3. The van der Waals surface area contributed by atoms with E-state index in [-0.39, 0.29) is 11.1 Å². The van der Waals surface area contributed by atoms with Gasteiger partial charge in [-0.1, -0.05) is 31.5 Å². The number of halogens is 3. The summed E-state index contributed by atoms with van der Waals surface area (Å²) in [5, 5.41) is 0.640. The molecule has 1 rings (SSSR count). The Hall–Kier alpha value is 0.230. The smallest absolute Gasteiger partial charge is 0.147 e. The molecule has 1 nitrogen and oxygen atoms in total. The number of hydrogen-bond acceptors (Lipinski definition) is 2. The first kappa shape index (κ1) is 15.3. The highest BCUT2D eigenvalue weighted by Crippen LogP contribution is 2.31. The molecule has 0 saturated carbocycles. The molecular formula is C12H16BrClFNS. The third kappa shape index (κ3) is 4.12. The zero-order valence-electron chi connectivity index (χ0n) is 9.84. The molecular weight excluding hydrogens is 325 g/mol. The van der Waals surface area contributed by atoms with Crippen LogP contribution in [0.5, 0.6) is 0 Å². The third-order valence-corrected chi connectivity index (χ3v) is 5.31. The second-order valence-electron chi connectivity index (χ2n) is 3.92. The number of rotatable bonds is 5. The van der Waals surface area contributed by atoms with Crippen LogP contribution in [-0.4, -0.2) is 11.0 Å². The number of benzene rings is 1. The van der Waals surface area contributed by atoms with Gasteiger partial charge in [-0.15, -0.1) is 0 Å². The summed E-state index contributed by atoms with van der Waals surface area (Å²) in [6.07, 6.45) is 1.08. The van der Waals surface area contributed by atoms with Crippen LogP contribution in [0.4, 0.5) is 4.39 Å². The van der Waals surface area contributed by atoms with Crippen LogP contribution in [-0.2, 0) is 0 Å². The number of nitrogens with two attached hydrogens (primary N) is 1. The lowest BCUT2D eigenvalue weighted by atomic mass is 10.1. The monoisotopic (exact) mass is 339 g/mol. The quantitative estimate of drug-likeness (QED) is 0.781. The topological polar surface area (TPSA) is 26.0 Å². The molecule has 5 heteroatoms. The summed E-state index contributed by atoms with van der Waals surface area (Å²) in [6.45, 7) is 4.27. The highest BCUT2D eigenvalue weighted by atomic mass is 79.9. The second kappa shape index (κ2) is 6.98. The van der Waals surface area contributed by atoms with Gasteiger partial charge in [0.05, 0.1) is 5.02 Å². The first-order chi connectivity index (χ1) is 7.97. The van der Waals surface area contributed by atoms with E-state index in [0.29, 0.717) is 21.0 Å². The molecule has 0 radical (unpaired) electrons. The average molecular weight is 341 g/mol. The molecule has 0 amide bonds. The zero-order chi connectivity index (χ0) is 13.0. The molecule has 0 saturated heterocycles. The fourth-order valence-electron chi connectivity index (χ4n) is 1.30. The van der Waals surface area contributed by atoms with Gasteiger partial charge < -0.3 is 5.73 Å². The lowest BCUT2D eigenvalue weighted by Crippen LogP contribution is -2.16. The third-order valence-electron chi connectivity index (χ3n) is 2.60. The van der Waals surface area contributed by atoms with Crippen molar-refractivity contribution >= 4 is 39.3 Å². The van der Waals surface area contributed by atoms with Gasteiger partial charge >= 0.3 is 0 Å². The minimum Gasteiger partial charge on any atom is -0.323 e. The largest absolute Gasteiger partial charge is 0.323 e. The van der Waals surface area contributed by atoms with E-state index in [4.69, 9.17) is 17.3 Å². The predicted octanol–water partition coefficient (Wildman–Crippen LogP) is 4.77. The maximum atomic E-state index is 13.9. The van der Waals surface area contributed by atoms with Gasteiger partial charge in [0, 0.05) is 27.1 Å². The average Bonchev–Trinajstić information content (AvgIpc) is 2.32. The summed E-state index contributed by atoms with van der Waals surface area (Å²) in [5.74, 6) is 0.280. The Bertz CT molecular complexity index is 389. The number of thioether (sulfide) groups is 1. The van der Waals surface area contributed by atoms with Gasteiger partial charge in [0.25, 0.3) is 0 Å². The number of hydrogen-bond donors (Lipinski definition) is 1. The van der Waals surface area contributed by atoms with Gasteiger partial charge in [-0.2, -0.15) is 11.8 Å². The van der Waals surface area contributed by atoms with Crippen LogP contribution in [0.15, 0.2) is 16.6 Å². The van der Waals surface area contributed by atoms with Crippen molar-refractivity contribution in [1.29, 1.82) is 0 Å². The van der Waals surface area contributed by atoms with Crippen molar-refractivity contribution in [2.75, 3.05) is 5.75 Å². The van der Waals surface area contributed by atoms with Crippen molar-refractivity contribution in [1.82, 2.24) is 0 Å². The van der Waals surface area contributed by atoms with Crippen molar-refractivity contribution in [3.8, 4) is 0 Å². The van der Waals surface area contributed by atoms with Crippen molar-refractivity contribution in [3.63, 3.8) is 0 Å².